The molecule has 27 heavy (non-hydrogen) atoms. The van der Waals surface area contributed by atoms with Gasteiger partial charge in [0.15, 0.2) is 5.82 Å². The molecule has 0 atom stereocenters. The van der Waals surface area contributed by atoms with Crippen molar-refractivity contribution in [2.24, 2.45) is 0 Å². The molecule has 8 heteroatoms. The molecule has 0 saturated heterocycles. The Balaban J connectivity index is 1.72. The lowest BCUT2D eigenvalue weighted by Crippen LogP contribution is -2.40. The molecule has 1 aliphatic heterocycles. The molecular weight excluding hydrogens is 346 g/mol. The molecule has 1 aromatic heterocycles. The third kappa shape index (κ3) is 2.13. The van der Waals surface area contributed by atoms with Crippen molar-refractivity contribution >= 4 is 17.3 Å². The van der Waals surface area contributed by atoms with Crippen LogP contribution in [0.4, 0.5) is 11.4 Å². The predicted molar refractivity (Wildman–Crippen MR) is 97.6 cm³/mol. The molecule has 0 bridgehead atoms. The van der Waals surface area contributed by atoms with Gasteiger partial charge in [-0.05, 0) is 36.6 Å². The van der Waals surface area contributed by atoms with Crippen molar-refractivity contribution in [1.29, 1.82) is 0 Å². The summed E-state index contributed by atoms with van der Waals surface area (Å²) in [6, 6.07) is 12.8. The van der Waals surface area contributed by atoms with Crippen LogP contribution in [0.1, 0.15) is 24.8 Å². The normalized spacial score (nSPS) is 16.7. The Morgan fingerprint density at radius 1 is 1.19 bits per heavy atom. The van der Waals surface area contributed by atoms with E-state index in [1.165, 1.54) is 12.4 Å². The smallest absolute Gasteiger partial charge is 0.293 e. The first-order chi connectivity index (χ1) is 13.1. The maximum Gasteiger partial charge on any atom is 0.293 e. The van der Waals surface area contributed by atoms with Crippen LogP contribution in [-0.2, 0) is 10.2 Å². The Labute approximate surface area is 154 Å². The molecule has 0 unspecified atom stereocenters. The maximum atomic E-state index is 12.5. The summed E-state index contributed by atoms with van der Waals surface area (Å²) in [4.78, 5) is 28.1. The van der Waals surface area contributed by atoms with E-state index < -0.39 is 10.3 Å². The van der Waals surface area contributed by atoms with Crippen LogP contribution in [0.15, 0.2) is 48.8 Å². The lowest BCUT2D eigenvalue weighted by Gasteiger charge is -2.36. The Bertz CT molecular complexity index is 1090. The monoisotopic (exact) mass is 361 g/mol. The number of hydrogen-bond acceptors (Lipinski definition) is 5. The average Bonchev–Trinajstić information content (AvgIpc) is 3.22. The molecule has 3 aromatic rings. The fourth-order valence-electron chi connectivity index (χ4n) is 3.99. The van der Waals surface area contributed by atoms with Gasteiger partial charge < -0.3 is 5.32 Å². The minimum Gasteiger partial charge on any atom is -0.319 e. The summed E-state index contributed by atoms with van der Waals surface area (Å²) in [5.41, 5.74) is 1.64. The highest BCUT2D eigenvalue weighted by molar-refractivity contribution is 6.09. The first kappa shape index (κ1) is 15.7. The van der Waals surface area contributed by atoms with E-state index in [2.05, 4.69) is 15.4 Å². The molecule has 1 spiro atoms. The molecule has 0 radical (unpaired) electrons. The number of hydrogen-bond donors (Lipinski definition) is 1. The number of para-hydroxylation sites is 1. The van der Waals surface area contributed by atoms with E-state index >= 15 is 0 Å². The van der Waals surface area contributed by atoms with E-state index in [-0.39, 0.29) is 11.6 Å². The van der Waals surface area contributed by atoms with Gasteiger partial charge in [-0.25, -0.2) is 9.67 Å². The predicted octanol–water partition coefficient (Wildman–Crippen LogP) is 3.22. The minimum atomic E-state index is -0.645. The topological polar surface area (TPSA) is 103 Å². The van der Waals surface area contributed by atoms with Crippen molar-refractivity contribution < 1.29 is 9.72 Å². The summed E-state index contributed by atoms with van der Waals surface area (Å²) in [6.45, 7) is 0. The second-order valence-electron chi connectivity index (χ2n) is 6.90. The second kappa shape index (κ2) is 5.47. The van der Waals surface area contributed by atoms with Crippen LogP contribution in [0.3, 0.4) is 0 Å². The molecule has 2 heterocycles. The zero-order valence-corrected chi connectivity index (χ0v) is 14.3. The number of amides is 1. The molecule has 1 N–H and O–H groups in total. The van der Waals surface area contributed by atoms with Crippen LogP contribution in [0.25, 0.3) is 17.1 Å². The largest absolute Gasteiger partial charge is 0.319 e. The van der Waals surface area contributed by atoms with Crippen LogP contribution < -0.4 is 5.32 Å². The molecule has 1 aliphatic carbocycles. The Kier molecular flexibility index (Phi) is 3.18. The van der Waals surface area contributed by atoms with Crippen LogP contribution in [0.2, 0.25) is 0 Å². The Hall–Kier alpha value is -3.55. The number of nitro groups is 1. The van der Waals surface area contributed by atoms with Crippen LogP contribution in [0.5, 0.6) is 0 Å². The molecule has 5 rings (SSSR count). The summed E-state index contributed by atoms with van der Waals surface area (Å²) < 4.78 is 1.64. The van der Waals surface area contributed by atoms with Crippen molar-refractivity contribution in [2.75, 3.05) is 5.32 Å². The quantitative estimate of drug-likeness (QED) is 0.570. The third-order valence-electron chi connectivity index (χ3n) is 5.52. The lowest BCUT2D eigenvalue weighted by molar-refractivity contribution is -0.383. The number of nitrogens with one attached hydrogen (secondary N) is 1. The van der Waals surface area contributed by atoms with Crippen molar-refractivity contribution in [2.45, 2.75) is 24.7 Å². The van der Waals surface area contributed by atoms with E-state index in [4.69, 9.17) is 0 Å². The number of carbonyl (C=O) groups is 1. The number of carbonyl (C=O) groups excluding carboxylic acids is 1. The van der Waals surface area contributed by atoms with Crippen LogP contribution >= 0.6 is 0 Å². The summed E-state index contributed by atoms with van der Waals surface area (Å²) in [5, 5.41) is 18.7. The summed E-state index contributed by atoms with van der Waals surface area (Å²) >= 11 is 0. The highest BCUT2D eigenvalue weighted by Crippen LogP contribution is 2.54. The van der Waals surface area contributed by atoms with Gasteiger partial charge >= 0.3 is 0 Å². The highest BCUT2D eigenvalue weighted by atomic mass is 16.6. The first-order valence-electron chi connectivity index (χ1n) is 8.70. The third-order valence-corrected chi connectivity index (χ3v) is 5.52. The van der Waals surface area contributed by atoms with E-state index in [1.54, 1.807) is 4.68 Å². The van der Waals surface area contributed by atoms with Gasteiger partial charge in [-0.2, -0.15) is 5.10 Å². The SMILES string of the molecule is O=C1Nc2c([N+](=O)[O-])cc(-c3ncnn3-c3ccccc3)cc2C12CCC2. The van der Waals surface area contributed by atoms with Crippen LogP contribution in [0, 0.1) is 10.1 Å². The molecular formula is C19H15N5O3. The van der Waals surface area contributed by atoms with Crippen LogP contribution in [-0.4, -0.2) is 25.6 Å². The fraction of sp³-hybridized carbons (Fsp3) is 0.211. The number of nitrogens with zero attached hydrogens (tertiary/aromatic N) is 4. The standard InChI is InChI=1S/C19H15N5O3/c25-18-19(7-4-8-19)14-9-12(10-15(24(26)27)16(14)22-18)17-20-11-21-23(17)13-5-2-1-3-6-13/h1-3,5-6,9-11H,4,7-8H2,(H,22,25). The zero-order chi connectivity index (χ0) is 18.6. The number of anilines is 1. The summed E-state index contributed by atoms with van der Waals surface area (Å²) in [5.74, 6) is 0.356. The molecule has 2 aliphatic rings. The summed E-state index contributed by atoms with van der Waals surface area (Å²) in [6.07, 6.45) is 3.77. The molecule has 1 fully saturated rings. The van der Waals surface area contributed by atoms with Gasteiger partial charge in [-0.3, -0.25) is 14.9 Å². The van der Waals surface area contributed by atoms with Gasteiger partial charge in [0.1, 0.15) is 12.0 Å². The van der Waals surface area contributed by atoms with Gasteiger partial charge in [0.05, 0.1) is 16.0 Å². The number of nitro benzene ring substituents is 1. The molecule has 1 amide bonds. The minimum absolute atomic E-state index is 0.109. The van der Waals surface area contributed by atoms with Crippen molar-refractivity contribution in [3.8, 4) is 17.1 Å². The van der Waals surface area contributed by atoms with Gasteiger partial charge in [0.2, 0.25) is 5.91 Å². The first-order valence-corrected chi connectivity index (χ1v) is 8.70. The Morgan fingerprint density at radius 3 is 2.63 bits per heavy atom. The van der Waals surface area contributed by atoms with Crippen molar-refractivity contribution in [3.05, 3.63) is 64.5 Å². The van der Waals surface area contributed by atoms with Gasteiger partial charge in [-0.15, -0.1) is 0 Å². The van der Waals surface area contributed by atoms with E-state index in [9.17, 15) is 14.9 Å². The number of fused-ring (bicyclic) bond motifs is 2. The maximum absolute atomic E-state index is 12.5. The highest BCUT2D eigenvalue weighted by Gasteiger charge is 2.53. The number of aromatic nitrogens is 3. The van der Waals surface area contributed by atoms with Crippen molar-refractivity contribution in [3.63, 3.8) is 0 Å². The average molecular weight is 361 g/mol. The van der Waals surface area contributed by atoms with Gasteiger partial charge in [0.25, 0.3) is 5.69 Å². The zero-order valence-electron chi connectivity index (χ0n) is 14.3. The van der Waals surface area contributed by atoms with Gasteiger partial charge in [0, 0.05) is 11.6 Å². The van der Waals surface area contributed by atoms with Gasteiger partial charge in [-0.1, -0.05) is 24.6 Å². The number of rotatable bonds is 3. The molecule has 1 saturated carbocycles. The van der Waals surface area contributed by atoms with E-state index in [0.717, 1.165) is 12.1 Å². The lowest BCUT2D eigenvalue weighted by atomic mass is 9.65. The fourth-order valence-corrected chi connectivity index (χ4v) is 3.99. The number of benzene rings is 2. The van der Waals surface area contributed by atoms with E-state index in [1.807, 2.05) is 36.4 Å². The van der Waals surface area contributed by atoms with Crippen molar-refractivity contribution in [1.82, 2.24) is 14.8 Å². The molecule has 8 nitrogen and oxygen atoms in total. The molecule has 2 aromatic carbocycles. The van der Waals surface area contributed by atoms with E-state index in [0.29, 0.717) is 35.5 Å². The second-order valence-corrected chi connectivity index (χ2v) is 6.90. The summed E-state index contributed by atoms with van der Waals surface area (Å²) in [7, 11) is 0. The Morgan fingerprint density at radius 2 is 1.96 bits per heavy atom. The molecule has 134 valence electrons.